The number of methoxy groups -OCH3 is 3. The normalized spacial score (nSPS) is 18.2. The largest absolute Gasteiger partial charge is 0.453 e. The van der Waals surface area contributed by atoms with Gasteiger partial charge in [-0.25, -0.2) is 9.59 Å². The summed E-state index contributed by atoms with van der Waals surface area (Å²) < 4.78 is 14.9. The Morgan fingerprint density at radius 2 is 1.18 bits per heavy atom. The molecule has 5 atom stereocenters. The van der Waals surface area contributed by atoms with Crippen LogP contribution in [-0.4, -0.2) is 118 Å². The van der Waals surface area contributed by atoms with Gasteiger partial charge in [0.25, 0.3) is 0 Å². The highest BCUT2D eigenvalue weighted by atomic mass is 28.3. The molecule has 2 saturated heterocycles. The van der Waals surface area contributed by atoms with Crippen LogP contribution in [0, 0.1) is 5.92 Å². The smallest absolute Gasteiger partial charge is 0.407 e. The molecule has 2 aliphatic rings. The lowest BCUT2D eigenvalue weighted by Gasteiger charge is -2.31. The number of nitrogens with zero attached hydrogens (tertiary/aromatic N) is 3. The number of hydrogen-bond acceptors (Lipinski definition) is 10. The quantitative estimate of drug-likeness (QED) is 0.113. The minimum absolute atomic E-state index is 0.0203. The van der Waals surface area contributed by atoms with Crippen LogP contribution in [0.15, 0.2) is 72.8 Å². The molecule has 2 fully saturated rings. The zero-order valence-corrected chi connectivity index (χ0v) is 41.4. The van der Waals surface area contributed by atoms with Crippen LogP contribution in [0.5, 0.6) is 0 Å². The fourth-order valence-electron chi connectivity index (χ4n) is 8.49. The average Bonchev–Trinajstić information content (AvgIpc) is 3.92. The van der Waals surface area contributed by atoms with Crippen molar-refractivity contribution in [3.8, 4) is 0 Å². The molecule has 2 heterocycles. The maximum Gasteiger partial charge on any atom is 0.407 e. The summed E-state index contributed by atoms with van der Waals surface area (Å²) in [7, 11) is 1.95. The molecule has 0 aliphatic carbocycles. The minimum atomic E-state index is -1.98. The predicted molar refractivity (Wildman–Crippen MR) is 258 cm³/mol. The molecule has 3 aromatic rings. The molecule has 0 aromatic heterocycles. The third kappa shape index (κ3) is 13.1. The van der Waals surface area contributed by atoms with E-state index >= 15 is 0 Å². The molecule has 0 saturated carbocycles. The molecule has 6 amide bonds. The van der Waals surface area contributed by atoms with E-state index in [4.69, 9.17) is 14.2 Å². The number of carbonyl (C=O) groups is 6. The first-order valence-corrected chi connectivity index (χ1v) is 26.0. The number of hydrogen-bond donors (Lipinski definition) is 4. The summed E-state index contributed by atoms with van der Waals surface area (Å²) in [6.07, 6.45) is -0.464. The van der Waals surface area contributed by atoms with Crippen LogP contribution in [0.2, 0.25) is 19.1 Å². The van der Waals surface area contributed by atoms with Crippen LogP contribution in [0.25, 0.3) is 0 Å². The Bertz CT molecular complexity index is 2180. The summed E-state index contributed by atoms with van der Waals surface area (Å²) in [5.41, 5.74) is 5.43. The van der Waals surface area contributed by atoms with Crippen LogP contribution in [-0.2, 0) is 51.9 Å². The van der Waals surface area contributed by atoms with Gasteiger partial charge < -0.3 is 50.2 Å². The molecule has 358 valence electrons. The topological polar surface area (TPSA) is 188 Å². The first-order chi connectivity index (χ1) is 31.1. The molecule has 2 aliphatic heterocycles. The summed E-state index contributed by atoms with van der Waals surface area (Å²) >= 11 is 0. The van der Waals surface area contributed by atoms with Gasteiger partial charge in [-0.15, -0.1) is 0 Å². The standard InChI is InChI=1S/C49H69N7O9Si/c1-31(2)41(52-47(61)64-8)45(59)55-26-12-13-39(55)43(57)50-36-20-14-33(15-21-36)27-54(38-24-18-35(19-25-38)49(4,5)6)28-34-16-22-37(23-17-34)51-44(58)40-29-66(10,11)30-56(40)46(60)42(32(3)63-7)53-48(62)65-9/h14-25,31-32,39-42H,12-13,26-30H2,1-11H3,(H,50,57)(H,51,58)(H,52,61)(H,53,62)/t32?,39-,40-,41-,42-/m0/s1. The van der Waals surface area contributed by atoms with Crippen LogP contribution in [0.1, 0.15) is 71.1 Å². The highest BCUT2D eigenvalue weighted by Crippen LogP contribution is 2.31. The Kier molecular flexibility index (Phi) is 17.0. The van der Waals surface area contributed by atoms with Crippen molar-refractivity contribution in [1.82, 2.24) is 20.4 Å². The third-order valence-electron chi connectivity index (χ3n) is 12.4. The number of likely N-dealkylation sites (tertiary alicyclic amines) is 1. The lowest BCUT2D eigenvalue weighted by molar-refractivity contribution is -0.140. The molecule has 0 bridgehead atoms. The lowest BCUT2D eigenvalue weighted by atomic mass is 9.87. The van der Waals surface area contributed by atoms with Crippen molar-refractivity contribution in [2.45, 2.75) is 122 Å². The number of nitrogens with one attached hydrogen (secondary N) is 4. The van der Waals surface area contributed by atoms with Crippen LogP contribution >= 0.6 is 0 Å². The first-order valence-electron chi connectivity index (χ1n) is 22.6. The fourth-order valence-corrected chi connectivity index (χ4v) is 11.4. The van der Waals surface area contributed by atoms with Crippen LogP contribution in [0.4, 0.5) is 26.7 Å². The number of benzene rings is 3. The maximum atomic E-state index is 13.9. The minimum Gasteiger partial charge on any atom is -0.453 e. The lowest BCUT2D eigenvalue weighted by Crippen LogP contribution is -2.57. The van der Waals surface area contributed by atoms with Crippen molar-refractivity contribution >= 4 is 61.0 Å². The molecule has 1 unspecified atom stereocenters. The van der Waals surface area contributed by atoms with E-state index in [2.05, 4.69) is 84.3 Å². The number of alkyl carbamates (subject to hydrolysis) is 2. The number of anilines is 3. The molecule has 0 spiro atoms. The number of rotatable bonds is 16. The van der Waals surface area contributed by atoms with E-state index in [9.17, 15) is 28.8 Å². The van der Waals surface area contributed by atoms with Gasteiger partial charge in [-0.1, -0.05) is 84.1 Å². The average molecular weight is 928 g/mol. The Labute approximate surface area is 390 Å². The van der Waals surface area contributed by atoms with Crippen molar-refractivity contribution in [2.24, 2.45) is 5.92 Å². The van der Waals surface area contributed by atoms with Gasteiger partial charge in [-0.3, -0.25) is 19.2 Å². The van der Waals surface area contributed by atoms with E-state index in [-0.39, 0.29) is 29.1 Å². The molecule has 5 rings (SSSR count). The number of carbonyl (C=O) groups excluding carboxylic acids is 6. The summed E-state index contributed by atoms with van der Waals surface area (Å²) in [6, 6.07) is 21.2. The summed E-state index contributed by atoms with van der Waals surface area (Å²) in [4.78, 5) is 84.4. The third-order valence-corrected chi connectivity index (χ3v) is 15.1. The molecular formula is C49H69N7O9Si. The summed E-state index contributed by atoms with van der Waals surface area (Å²) in [5, 5.41) is 11.2. The number of ether oxygens (including phenoxy) is 3. The van der Waals surface area contributed by atoms with Gasteiger partial charge in [0.2, 0.25) is 23.6 Å². The molecule has 16 nitrogen and oxygen atoms in total. The Morgan fingerprint density at radius 1 is 0.697 bits per heavy atom. The monoisotopic (exact) mass is 927 g/mol. The zero-order valence-electron chi connectivity index (χ0n) is 40.4. The van der Waals surface area contributed by atoms with Crippen molar-refractivity contribution in [2.75, 3.05) is 49.6 Å². The van der Waals surface area contributed by atoms with Gasteiger partial charge >= 0.3 is 12.2 Å². The zero-order chi connectivity index (χ0) is 48.5. The van der Waals surface area contributed by atoms with E-state index in [0.29, 0.717) is 56.1 Å². The Morgan fingerprint density at radius 3 is 1.65 bits per heavy atom. The molecular weight excluding hydrogens is 859 g/mol. The van der Waals surface area contributed by atoms with E-state index in [0.717, 1.165) is 16.8 Å². The van der Waals surface area contributed by atoms with Crippen LogP contribution in [0.3, 0.4) is 0 Å². The van der Waals surface area contributed by atoms with Crippen molar-refractivity contribution in [3.05, 3.63) is 89.5 Å². The molecule has 4 N–H and O–H groups in total. The predicted octanol–water partition coefficient (Wildman–Crippen LogP) is 6.66. The maximum absolute atomic E-state index is 13.9. The highest BCUT2D eigenvalue weighted by Gasteiger charge is 2.47. The van der Waals surface area contributed by atoms with E-state index in [1.54, 1.807) is 16.7 Å². The summed E-state index contributed by atoms with van der Waals surface area (Å²) in [5.74, 6) is -1.49. The SMILES string of the molecule is COC(=O)N[C@H](C(=O)N1CCC[C@H]1C(=O)Nc1ccc(CN(Cc2ccc(NC(=O)[C@@H]3C[Si](C)(C)CN3C(=O)[C@@H](NC(=O)OC)C(C)OC)cc2)c2ccc(C(C)(C)C)cc2)cc1)C(C)C. The Hall–Kier alpha value is -5.94. The van der Waals surface area contributed by atoms with E-state index in [1.807, 2.05) is 62.4 Å². The highest BCUT2D eigenvalue weighted by molar-refractivity contribution is 6.79. The number of amides is 6. The van der Waals surface area contributed by atoms with Gasteiger partial charge in [-0.2, -0.15) is 0 Å². The van der Waals surface area contributed by atoms with Gasteiger partial charge in [0.1, 0.15) is 24.2 Å². The first kappa shape index (κ1) is 51.0. The van der Waals surface area contributed by atoms with Gasteiger partial charge in [0, 0.05) is 50.0 Å². The fraction of sp³-hybridized carbons (Fsp3) is 0.510. The second kappa shape index (κ2) is 22.0. The van der Waals surface area contributed by atoms with E-state index in [1.165, 1.54) is 26.9 Å². The molecule has 17 heteroatoms. The van der Waals surface area contributed by atoms with Crippen molar-refractivity contribution in [3.63, 3.8) is 0 Å². The van der Waals surface area contributed by atoms with E-state index < -0.39 is 56.4 Å². The van der Waals surface area contributed by atoms with Crippen molar-refractivity contribution in [1.29, 1.82) is 0 Å². The molecule has 3 aromatic carbocycles. The second-order valence-electron chi connectivity index (χ2n) is 19.5. The van der Waals surface area contributed by atoms with Gasteiger partial charge in [-0.05, 0) is 90.2 Å². The summed E-state index contributed by atoms with van der Waals surface area (Å²) in [6.45, 7) is 17.7. The second-order valence-corrected chi connectivity index (χ2v) is 24.5. The van der Waals surface area contributed by atoms with Gasteiger partial charge in [0.05, 0.1) is 28.4 Å². The van der Waals surface area contributed by atoms with Crippen LogP contribution < -0.4 is 26.2 Å². The Balaban J connectivity index is 1.29. The van der Waals surface area contributed by atoms with Gasteiger partial charge in [0.15, 0.2) is 0 Å². The molecule has 0 radical (unpaired) electrons. The van der Waals surface area contributed by atoms with Crippen molar-refractivity contribution < 1.29 is 43.0 Å². The molecule has 66 heavy (non-hydrogen) atoms.